The summed E-state index contributed by atoms with van der Waals surface area (Å²) in [5.41, 5.74) is 0.260. The molecule has 0 fully saturated rings. The third kappa shape index (κ3) is 5.30. The summed E-state index contributed by atoms with van der Waals surface area (Å²) in [4.78, 5) is 24.8. The van der Waals surface area contributed by atoms with Crippen LogP contribution in [0.25, 0.3) is 0 Å². The van der Waals surface area contributed by atoms with E-state index in [1.165, 1.54) is 10.0 Å². The number of ether oxygens (including phenoxy) is 2. The molecule has 1 aliphatic rings. The number of rotatable bonds is 2. The van der Waals surface area contributed by atoms with Gasteiger partial charge in [-0.05, 0) is 32.8 Å². The minimum absolute atomic E-state index is 0.155. The van der Waals surface area contributed by atoms with Crippen LogP contribution in [0.5, 0.6) is 0 Å². The molecule has 0 spiro atoms. The highest BCUT2D eigenvalue weighted by atomic mass is 16.6. The van der Waals surface area contributed by atoms with E-state index in [-0.39, 0.29) is 13.2 Å². The third-order valence-corrected chi connectivity index (χ3v) is 3.26. The zero-order chi connectivity index (χ0) is 17.6. The molecule has 0 aromatic heterocycles. The average Bonchev–Trinajstić information content (AvgIpc) is 2.78. The SMILES string of the molecule is CC(C)(C)OC(=O)N1CCC=CCN1C(=O)OCc1ccccc1. The molecule has 2 rings (SSSR count). The van der Waals surface area contributed by atoms with Crippen molar-refractivity contribution < 1.29 is 19.1 Å². The summed E-state index contributed by atoms with van der Waals surface area (Å²) in [6, 6.07) is 9.41. The number of nitrogens with zero attached hydrogens (tertiary/aromatic N) is 2. The molecular formula is C18H24N2O4. The van der Waals surface area contributed by atoms with Gasteiger partial charge in [0.15, 0.2) is 0 Å². The number of carbonyl (C=O) groups is 2. The molecule has 1 heterocycles. The lowest BCUT2D eigenvalue weighted by Crippen LogP contribution is -2.51. The zero-order valence-electron chi connectivity index (χ0n) is 14.4. The van der Waals surface area contributed by atoms with Gasteiger partial charge in [-0.15, -0.1) is 0 Å². The topological polar surface area (TPSA) is 59.1 Å². The fraction of sp³-hybridized carbons (Fsp3) is 0.444. The van der Waals surface area contributed by atoms with E-state index in [4.69, 9.17) is 9.47 Å². The quantitative estimate of drug-likeness (QED) is 0.774. The number of hydrogen-bond acceptors (Lipinski definition) is 4. The van der Waals surface area contributed by atoms with Crippen molar-refractivity contribution in [3.05, 3.63) is 48.0 Å². The second kappa shape index (κ2) is 7.86. The lowest BCUT2D eigenvalue weighted by atomic mass is 10.2. The Labute approximate surface area is 142 Å². The summed E-state index contributed by atoms with van der Waals surface area (Å²) < 4.78 is 10.7. The summed E-state index contributed by atoms with van der Waals surface area (Å²) in [5, 5.41) is 2.58. The molecule has 0 atom stereocenters. The summed E-state index contributed by atoms with van der Waals surface area (Å²) in [7, 11) is 0. The van der Waals surface area contributed by atoms with Gasteiger partial charge in [-0.1, -0.05) is 42.5 Å². The smallest absolute Gasteiger partial charge is 0.429 e. The number of carbonyl (C=O) groups excluding carboxylic acids is 2. The van der Waals surface area contributed by atoms with E-state index in [1.807, 2.05) is 42.5 Å². The largest absolute Gasteiger partial charge is 0.443 e. The van der Waals surface area contributed by atoms with Gasteiger partial charge in [-0.3, -0.25) is 0 Å². The minimum Gasteiger partial charge on any atom is -0.443 e. The van der Waals surface area contributed by atoms with Gasteiger partial charge in [-0.25, -0.2) is 19.6 Å². The van der Waals surface area contributed by atoms with Crippen LogP contribution in [0.15, 0.2) is 42.5 Å². The van der Waals surface area contributed by atoms with Gasteiger partial charge >= 0.3 is 12.2 Å². The zero-order valence-corrected chi connectivity index (χ0v) is 14.4. The van der Waals surface area contributed by atoms with E-state index in [2.05, 4.69) is 0 Å². The average molecular weight is 332 g/mol. The molecule has 6 heteroatoms. The normalized spacial score (nSPS) is 15.0. The molecule has 1 aromatic rings. The van der Waals surface area contributed by atoms with Crippen molar-refractivity contribution in [2.24, 2.45) is 0 Å². The Kier molecular flexibility index (Phi) is 5.84. The third-order valence-electron chi connectivity index (χ3n) is 3.26. The Bertz CT molecular complexity index is 593. The molecule has 1 aromatic carbocycles. The molecule has 0 saturated carbocycles. The van der Waals surface area contributed by atoms with Crippen LogP contribution < -0.4 is 0 Å². The maximum atomic E-state index is 12.4. The summed E-state index contributed by atoms with van der Waals surface area (Å²) >= 11 is 0. The Hall–Kier alpha value is -2.50. The Morgan fingerprint density at radius 2 is 1.75 bits per heavy atom. The summed E-state index contributed by atoms with van der Waals surface area (Å²) in [5.74, 6) is 0. The first-order valence-electron chi connectivity index (χ1n) is 8.00. The van der Waals surface area contributed by atoms with Gasteiger partial charge in [0.2, 0.25) is 0 Å². The molecule has 6 nitrogen and oxygen atoms in total. The van der Waals surface area contributed by atoms with Crippen LogP contribution in [0.4, 0.5) is 9.59 Å². The van der Waals surface area contributed by atoms with Crippen molar-refractivity contribution in [1.82, 2.24) is 10.0 Å². The van der Waals surface area contributed by atoms with Crippen molar-refractivity contribution in [1.29, 1.82) is 0 Å². The van der Waals surface area contributed by atoms with Gasteiger partial charge in [-0.2, -0.15) is 0 Å². The van der Waals surface area contributed by atoms with Crippen LogP contribution in [0.2, 0.25) is 0 Å². The van der Waals surface area contributed by atoms with Crippen LogP contribution in [-0.4, -0.2) is 40.9 Å². The van der Waals surface area contributed by atoms with Crippen molar-refractivity contribution in [2.45, 2.75) is 39.4 Å². The second-order valence-electron chi connectivity index (χ2n) is 6.49. The lowest BCUT2D eigenvalue weighted by molar-refractivity contribution is -0.0417. The summed E-state index contributed by atoms with van der Waals surface area (Å²) in [6.07, 6.45) is 3.30. The molecule has 24 heavy (non-hydrogen) atoms. The molecule has 0 saturated heterocycles. The first-order chi connectivity index (χ1) is 11.4. The fourth-order valence-corrected chi connectivity index (χ4v) is 2.18. The fourth-order valence-electron chi connectivity index (χ4n) is 2.18. The highest BCUT2D eigenvalue weighted by Crippen LogP contribution is 2.15. The molecule has 0 radical (unpaired) electrons. The molecule has 1 aliphatic heterocycles. The van der Waals surface area contributed by atoms with Crippen LogP contribution in [0.3, 0.4) is 0 Å². The number of hydrazine groups is 1. The van der Waals surface area contributed by atoms with Crippen molar-refractivity contribution >= 4 is 12.2 Å². The van der Waals surface area contributed by atoms with E-state index >= 15 is 0 Å². The molecule has 0 aliphatic carbocycles. The highest BCUT2D eigenvalue weighted by molar-refractivity contribution is 5.74. The maximum absolute atomic E-state index is 12.4. The van der Waals surface area contributed by atoms with Crippen LogP contribution in [0.1, 0.15) is 32.8 Å². The summed E-state index contributed by atoms with van der Waals surface area (Å²) in [6.45, 7) is 6.16. The molecule has 130 valence electrons. The maximum Gasteiger partial charge on any atom is 0.429 e. The Morgan fingerprint density at radius 3 is 2.42 bits per heavy atom. The lowest BCUT2D eigenvalue weighted by Gasteiger charge is -2.33. The van der Waals surface area contributed by atoms with Gasteiger partial charge < -0.3 is 9.47 Å². The second-order valence-corrected chi connectivity index (χ2v) is 6.49. The van der Waals surface area contributed by atoms with Crippen molar-refractivity contribution in [3.8, 4) is 0 Å². The van der Waals surface area contributed by atoms with E-state index in [1.54, 1.807) is 20.8 Å². The monoisotopic (exact) mass is 332 g/mol. The van der Waals surface area contributed by atoms with Crippen LogP contribution in [0, 0.1) is 0 Å². The number of amides is 2. The first-order valence-corrected chi connectivity index (χ1v) is 8.00. The van der Waals surface area contributed by atoms with E-state index in [0.29, 0.717) is 13.0 Å². The van der Waals surface area contributed by atoms with Gasteiger partial charge in [0.1, 0.15) is 12.2 Å². The molecule has 0 bridgehead atoms. The van der Waals surface area contributed by atoms with Crippen molar-refractivity contribution in [2.75, 3.05) is 13.1 Å². The Morgan fingerprint density at radius 1 is 1.04 bits per heavy atom. The number of hydrogen-bond donors (Lipinski definition) is 0. The van der Waals surface area contributed by atoms with Gasteiger partial charge in [0, 0.05) is 6.54 Å². The predicted octanol–water partition coefficient (Wildman–Crippen LogP) is 3.74. The van der Waals surface area contributed by atoms with Crippen molar-refractivity contribution in [3.63, 3.8) is 0 Å². The van der Waals surface area contributed by atoms with Crippen LogP contribution in [-0.2, 0) is 16.1 Å². The number of benzene rings is 1. The highest BCUT2D eigenvalue weighted by Gasteiger charge is 2.31. The molecular weight excluding hydrogens is 308 g/mol. The first kappa shape index (κ1) is 17.8. The Balaban J connectivity index is 2.03. The van der Waals surface area contributed by atoms with Crippen LogP contribution >= 0.6 is 0 Å². The molecule has 2 amide bonds. The van der Waals surface area contributed by atoms with E-state index < -0.39 is 17.8 Å². The molecule has 0 N–H and O–H groups in total. The van der Waals surface area contributed by atoms with Gasteiger partial charge in [0.05, 0.1) is 6.54 Å². The predicted molar refractivity (Wildman–Crippen MR) is 90.0 cm³/mol. The van der Waals surface area contributed by atoms with Gasteiger partial charge in [0.25, 0.3) is 0 Å². The van der Waals surface area contributed by atoms with E-state index in [9.17, 15) is 9.59 Å². The standard InChI is InChI=1S/C18H24N2O4/c1-18(2,3)24-17(22)20-13-9-5-8-12-19(20)16(21)23-14-15-10-6-4-7-11-15/h4-8,10-11H,9,12-14H2,1-3H3. The van der Waals surface area contributed by atoms with E-state index in [0.717, 1.165) is 5.56 Å². The minimum atomic E-state index is -0.629. The molecule has 0 unspecified atom stereocenters.